The lowest BCUT2D eigenvalue weighted by atomic mass is 10.3. The second kappa shape index (κ2) is 11.4. The van der Waals surface area contributed by atoms with Gasteiger partial charge < -0.3 is 24.4 Å². The second-order valence-electron chi connectivity index (χ2n) is 5.69. The number of rotatable bonds is 12. The Morgan fingerprint density at radius 3 is 2.27 bits per heavy atom. The zero-order valence-electron chi connectivity index (χ0n) is 14.1. The number of aliphatic hydroxyl groups is 1. The maximum atomic E-state index is 10.1. The molecule has 0 aromatic heterocycles. The molecule has 22 heavy (non-hydrogen) atoms. The van der Waals surface area contributed by atoms with Gasteiger partial charge in [-0.1, -0.05) is 18.2 Å². The van der Waals surface area contributed by atoms with Gasteiger partial charge in [0.25, 0.3) is 0 Å². The molecule has 0 fully saturated rings. The number of aliphatic hydroxyl groups excluding tert-OH is 1. The highest BCUT2D eigenvalue weighted by molar-refractivity contribution is 5.20. The Hall–Kier alpha value is -1.14. The lowest BCUT2D eigenvalue weighted by molar-refractivity contribution is 0.0775. The van der Waals surface area contributed by atoms with E-state index >= 15 is 0 Å². The first-order chi connectivity index (χ1) is 10.6. The number of hydrogen-bond acceptors (Lipinski definition) is 5. The van der Waals surface area contributed by atoms with Crippen LogP contribution in [0.2, 0.25) is 0 Å². The predicted molar refractivity (Wildman–Crippen MR) is 89.4 cm³/mol. The zero-order chi connectivity index (χ0) is 16.2. The van der Waals surface area contributed by atoms with Gasteiger partial charge in [-0.2, -0.15) is 0 Å². The molecular formula is C17H30N2O3. The minimum absolute atomic E-state index is 0.345. The van der Waals surface area contributed by atoms with Crippen molar-refractivity contribution < 1.29 is 14.6 Å². The first kappa shape index (κ1) is 18.9. The number of para-hydroxylation sites is 1. The monoisotopic (exact) mass is 310 g/mol. The van der Waals surface area contributed by atoms with E-state index in [-0.39, 0.29) is 6.10 Å². The van der Waals surface area contributed by atoms with Gasteiger partial charge in [0, 0.05) is 33.3 Å². The highest BCUT2D eigenvalue weighted by atomic mass is 16.5. The summed E-state index contributed by atoms with van der Waals surface area (Å²) in [5.74, 6) is 0.907. The van der Waals surface area contributed by atoms with Gasteiger partial charge in [-0.05, 0) is 32.6 Å². The summed E-state index contributed by atoms with van der Waals surface area (Å²) in [4.78, 5) is 4.23. The molecule has 0 aliphatic heterocycles. The Balaban J connectivity index is 2.08. The van der Waals surface area contributed by atoms with Crippen LogP contribution in [0.5, 0.6) is 5.75 Å². The summed E-state index contributed by atoms with van der Waals surface area (Å²) in [6.07, 6.45) is 0.597. The highest BCUT2D eigenvalue weighted by Gasteiger charge is 2.10. The Morgan fingerprint density at radius 2 is 1.64 bits per heavy atom. The van der Waals surface area contributed by atoms with Crippen molar-refractivity contribution in [2.24, 2.45) is 0 Å². The SMILES string of the molecule is COCCN(C)C[C@@H](O)CN(C)CCCOc1ccccc1. The van der Waals surface area contributed by atoms with Crippen molar-refractivity contribution in [3.05, 3.63) is 30.3 Å². The molecule has 0 bridgehead atoms. The Kier molecular flexibility index (Phi) is 9.82. The molecule has 0 saturated heterocycles. The molecule has 1 aromatic carbocycles. The van der Waals surface area contributed by atoms with Crippen LogP contribution >= 0.6 is 0 Å². The summed E-state index contributed by atoms with van der Waals surface area (Å²) in [7, 11) is 5.71. The average molecular weight is 310 g/mol. The summed E-state index contributed by atoms with van der Waals surface area (Å²) in [6, 6.07) is 9.84. The maximum absolute atomic E-state index is 10.1. The van der Waals surface area contributed by atoms with E-state index in [2.05, 4.69) is 9.80 Å². The maximum Gasteiger partial charge on any atom is 0.119 e. The molecule has 1 aromatic rings. The molecule has 0 aliphatic carbocycles. The summed E-state index contributed by atoms with van der Waals surface area (Å²) in [5, 5.41) is 10.1. The third-order valence-electron chi connectivity index (χ3n) is 3.42. The van der Waals surface area contributed by atoms with Crippen molar-refractivity contribution in [3.63, 3.8) is 0 Å². The first-order valence-electron chi connectivity index (χ1n) is 7.83. The number of likely N-dealkylation sites (N-methyl/N-ethyl adjacent to an activating group) is 2. The van der Waals surface area contributed by atoms with Gasteiger partial charge in [0.1, 0.15) is 5.75 Å². The summed E-state index contributed by atoms with van der Waals surface area (Å²) in [5.41, 5.74) is 0. The molecule has 5 nitrogen and oxygen atoms in total. The standard InChI is InChI=1S/C17H30N2O3/c1-18(14-16(20)15-19(2)11-13-21-3)10-7-12-22-17-8-5-4-6-9-17/h4-6,8-9,16,20H,7,10-15H2,1-3H3/t16-/m0/s1. The number of methoxy groups -OCH3 is 1. The molecule has 1 N–H and O–H groups in total. The van der Waals surface area contributed by atoms with Gasteiger partial charge in [0.05, 0.1) is 19.3 Å². The fourth-order valence-electron chi connectivity index (χ4n) is 2.25. The zero-order valence-corrected chi connectivity index (χ0v) is 14.1. The van der Waals surface area contributed by atoms with E-state index in [1.807, 2.05) is 44.4 Å². The van der Waals surface area contributed by atoms with E-state index in [9.17, 15) is 5.11 Å². The third-order valence-corrected chi connectivity index (χ3v) is 3.42. The summed E-state index contributed by atoms with van der Waals surface area (Å²) in [6.45, 7) is 4.46. The fourth-order valence-corrected chi connectivity index (χ4v) is 2.25. The second-order valence-corrected chi connectivity index (χ2v) is 5.69. The minimum atomic E-state index is -0.345. The molecule has 0 unspecified atom stereocenters. The number of ether oxygens (including phenoxy) is 2. The molecule has 5 heteroatoms. The Labute approximate surface area is 134 Å². The van der Waals surface area contributed by atoms with E-state index in [1.165, 1.54) is 0 Å². The smallest absolute Gasteiger partial charge is 0.119 e. The molecule has 0 amide bonds. The van der Waals surface area contributed by atoms with E-state index in [4.69, 9.17) is 9.47 Å². The van der Waals surface area contributed by atoms with Crippen LogP contribution in [-0.4, -0.2) is 81.6 Å². The third kappa shape index (κ3) is 9.00. The van der Waals surface area contributed by atoms with E-state index in [1.54, 1.807) is 7.11 Å². The summed E-state index contributed by atoms with van der Waals surface area (Å²) < 4.78 is 10.7. The molecule has 0 aliphatic rings. The normalized spacial score (nSPS) is 12.8. The summed E-state index contributed by atoms with van der Waals surface area (Å²) >= 11 is 0. The lowest BCUT2D eigenvalue weighted by Crippen LogP contribution is -2.39. The van der Waals surface area contributed by atoms with Crippen LogP contribution in [0.4, 0.5) is 0 Å². The number of hydrogen-bond donors (Lipinski definition) is 1. The van der Waals surface area contributed by atoms with Crippen LogP contribution in [-0.2, 0) is 4.74 Å². The quantitative estimate of drug-likeness (QED) is 0.590. The highest BCUT2D eigenvalue weighted by Crippen LogP contribution is 2.08. The molecule has 1 atom stereocenters. The van der Waals surface area contributed by atoms with Crippen LogP contribution in [0.15, 0.2) is 30.3 Å². The van der Waals surface area contributed by atoms with Gasteiger partial charge in [0.2, 0.25) is 0 Å². The van der Waals surface area contributed by atoms with Crippen molar-refractivity contribution in [1.82, 2.24) is 9.80 Å². The van der Waals surface area contributed by atoms with Crippen molar-refractivity contribution in [3.8, 4) is 5.75 Å². The minimum Gasteiger partial charge on any atom is -0.494 e. The van der Waals surface area contributed by atoms with E-state index in [0.29, 0.717) is 26.3 Å². The van der Waals surface area contributed by atoms with E-state index < -0.39 is 0 Å². The van der Waals surface area contributed by atoms with Crippen LogP contribution < -0.4 is 4.74 Å². The van der Waals surface area contributed by atoms with Gasteiger partial charge in [-0.15, -0.1) is 0 Å². The molecule has 0 heterocycles. The molecule has 0 saturated carbocycles. The topological polar surface area (TPSA) is 45.2 Å². The lowest BCUT2D eigenvalue weighted by Gasteiger charge is -2.24. The number of benzene rings is 1. The number of nitrogens with zero attached hydrogens (tertiary/aromatic N) is 2. The molecule has 0 radical (unpaired) electrons. The van der Waals surface area contributed by atoms with Crippen molar-refractivity contribution in [2.75, 3.05) is 60.6 Å². The molecule has 0 spiro atoms. The van der Waals surface area contributed by atoms with Crippen LogP contribution in [0, 0.1) is 0 Å². The van der Waals surface area contributed by atoms with Gasteiger partial charge >= 0.3 is 0 Å². The Bertz CT molecular complexity index is 375. The van der Waals surface area contributed by atoms with Crippen molar-refractivity contribution >= 4 is 0 Å². The molecular weight excluding hydrogens is 280 g/mol. The van der Waals surface area contributed by atoms with E-state index in [0.717, 1.165) is 25.3 Å². The van der Waals surface area contributed by atoms with Gasteiger partial charge in [-0.3, -0.25) is 0 Å². The van der Waals surface area contributed by atoms with Crippen molar-refractivity contribution in [1.29, 1.82) is 0 Å². The van der Waals surface area contributed by atoms with Crippen molar-refractivity contribution in [2.45, 2.75) is 12.5 Å². The molecule has 1 rings (SSSR count). The van der Waals surface area contributed by atoms with Gasteiger partial charge in [0.15, 0.2) is 0 Å². The van der Waals surface area contributed by atoms with Crippen LogP contribution in [0.3, 0.4) is 0 Å². The van der Waals surface area contributed by atoms with Gasteiger partial charge in [-0.25, -0.2) is 0 Å². The van der Waals surface area contributed by atoms with Crippen LogP contribution in [0.25, 0.3) is 0 Å². The molecule has 126 valence electrons. The van der Waals surface area contributed by atoms with Crippen LogP contribution in [0.1, 0.15) is 6.42 Å². The fraction of sp³-hybridized carbons (Fsp3) is 0.647. The largest absolute Gasteiger partial charge is 0.494 e. The predicted octanol–water partition coefficient (Wildman–Crippen LogP) is 1.33. The average Bonchev–Trinajstić information content (AvgIpc) is 2.50. The first-order valence-corrected chi connectivity index (χ1v) is 7.83. The Morgan fingerprint density at radius 1 is 1.00 bits per heavy atom.